The molecule has 0 radical (unpaired) electrons. The van der Waals surface area contributed by atoms with E-state index in [-0.39, 0.29) is 5.92 Å². The third kappa shape index (κ3) is 5.31. The average molecular weight is 228 g/mol. The van der Waals surface area contributed by atoms with Gasteiger partial charge in [0.15, 0.2) is 5.79 Å². The molecule has 1 rings (SSSR count). The first-order valence-electron chi connectivity index (χ1n) is 6.95. The second-order valence-corrected chi connectivity index (χ2v) is 5.83. The van der Waals surface area contributed by atoms with Crippen LogP contribution in [0.4, 0.5) is 0 Å². The van der Waals surface area contributed by atoms with Gasteiger partial charge in [-0.3, -0.25) is 0 Å². The summed E-state index contributed by atoms with van der Waals surface area (Å²) in [5.41, 5.74) is 0. The van der Waals surface area contributed by atoms with Crippen LogP contribution in [0.3, 0.4) is 0 Å². The van der Waals surface area contributed by atoms with Crippen molar-refractivity contribution >= 4 is 0 Å². The standard InChI is InChI=1S/C14H28O2/c1-12-9-7-5-3-4-6-8-10-13(11-12)14(2,15)16/h12-13,15-16H,3-11H2,1-2H3/t12?,13-/m0/s1. The smallest absolute Gasteiger partial charge is 0.162 e. The summed E-state index contributed by atoms with van der Waals surface area (Å²) in [6.07, 6.45) is 10.9. The van der Waals surface area contributed by atoms with E-state index in [1.165, 1.54) is 38.5 Å². The SMILES string of the molecule is CC1CCCCCCCC[C@H](C(C)(O)O)C1. The Kier molecular flexibility index (Phi) is 5.77. The van der Waals surface area contributed by atoms with E-state index in [1.54, 1.807) is 6.92 Å². The van der Waals surface area contributed by atoms with Crippen molar-refractivity contribution in [3.63, 3.8) is 0 Å². The van der Waals surface area contributed by atoms with Gasteiger partial charge in [-0.1, -0.05) is 51.9 Å². The van der Waals surface area contributed by atoms with E-state index in [9.17, 15) is 10.2 Å². The van der Waals surface area contributed by atoms with Gasteiger partial charge in [0, 0.05) is 5.92 Å². The molecule has 2 nitrogen and oxygen atoms in total. The molecule has 1 aliphatic carbocycles. The fourth-order valence-electron chi connectivity index (χ4n) is 2.81. The maximum absolute atomic E-state index is 9.77. The number of hydrogen-bond acceptors (Lipinski definition) is 2. The van der Waals surface area contributed by atoms with E-state index in [4.69, 9.17) is 0 Å². The molecule has 16 heavy (non-hydrogen) atoms. The van der Waals surface area contributed by atoms with Crippen LogP contribution < -0.4 is 0 Å². The van der Waals surface area contributed by atoms with Gasteiger partial charge in [-0.15, -0.1) is 0 Å². The van der Waals surface area contributed by atoms with Crippen LogP contribution in [0.2, 0.25) is 0 Å². The van der Waals surface area contributed by atoms with Crippen LogP contribution in [-0.4, -0.2) is 16.0 Å². The van der Waals surface area contributed by atoms with E-state index in [0.29, 0.717) is 5.92 Å². The molecule has 0 saturated heterocycles. The first-order valence-corrected chi connectivity index (χ1v) is 6.95. The van der Waals surface area contributed by atoms with Crippen molar-refractivity contribution in [2.75, 3.05) is 0 Å². The predicted molar refractivity (Wildman–Crippen MR) is 67.0 cm³/mol. The van der Waals surface area contributed by atoms with Crippen LogP contribution in [-0.2, 0) is 0 Å². The zero-order chi connectivity index (χ0) is 12.0. The molecule has 0 spiro atoms. The largest absolute Gasteiger partial charge is 0.366 e. The highest BCUT2D eigenvalue weighted by atomic mass is 16.5. The number of hydrogen-bond donors (Lipinski definition) is 2. The first kappa shape index (κ1) is 14.0. The van der Waals surface area contributed by atoms with Gasteiger partial charge in [-0.25, -0.2) is 0 Å². The molecule has 0 amide bonds. The Bertz CT molecular complexity index is 184. The molecule has 0 bridgehead atoms. The summed E-state index contributed by atoms with van der Waals surface area (Å²) in [4.78, 5) is 0. The van der Waals surface area contributed by atoms with Gasteiger partial charge in [0.25, 0.3) is 0 Å². The summed E-state index contributed by atoms with van der Waals surface area (Å²) in [5, 5.41) is 19.5. The summed E-state index contributed by atoms with van der Waals surface area (Å²) in [6, 6.07) is 0. The lowest BCUT2D eigenvalue weighted by molar-refractivity contribution is -0.191. The van der Waals surface area contributed by atoms with Crippen LogP contribution in [0.15, 0.2) is 0 Å². The van der Waals surface area contributed by atoms with Crippen LogP contribution in [0, 0.1) is 11.8 Å². The van der Waals surface area contributed by atoms with E-state index >= 15 is 0 Å². The van der Waals surface area contributed by atoms with E-state index in [0.717, 1.165) is 19.3 Å². The van der Waals surface area contributed by atoms with Gasteiger partial charge in [0.1, 0.15) is 0 Å². The molecule has 1 aliphatic rings. The lowest BCUT2D eigenvalue weighted by Crippen LogP contribution is -2.35. The predicted octanol–water partition coefficient (Wildman–Crippen LogP) is 3.46. The number of rotatable bonds is 1. The van der Waals surface area contributed by atoms with Crippen molar-refractivity contribution in [1.82, 2.24) is 0 Å². The molecule has 0 aromatic carbocycles. The van der Waals surface area contributed by atoms with Crippen molar-refractivity contribution in [2.45, 2.75) is 77.4 Å². The maximum Gasteiger partial charge on any atom is 0.162 e. The van der Waals surface area contributed by atoms with Crippen LogP contribution in [0.25, 0.3) is 0 Å². The van der Waals surface area contributed by atoms with Gasteiger partial charge in [-0.05, 0) is 25.7 Å². The maximum atomic E-state index is 9.77. The molecule has 1 fully saturated rings. The van der Waals surface area contributed by atoms with Crippen LogP contribution in [0.1, 0.15) is 71.6 Å². The molecule has 0 aromatic heterocycles. The molecule has 0 aliphatic heterocycles. The third-order valence-corrected chi connectivity index (χ3v) is 3.96. The Morgan fingerprint density at radius 3 is 1.94 bits per heavy atom. The van der Waals surface area contributed by atoms with Crippen molar-refractivity contribution < 1.29 is 10.2 Å². The van der Waals surface area contributed by atoms with Gasteiger partial charge in [-0.2, -0.15) is 0 Å². The summed E-state index contributed by atoms with van der Waals surface area (Å²) >= 11 is 0. The highest BCUT2D eigenvalue weighted by molar-refractivity contribution is 4.74. The summed E-state index contributed by atoms with van der Waals surface area (Å²) in [6.45, 7) is 3.79. The van der Waals surface area contributed by atoms with Crippen LogP contribution in [0.5, 0.6) is 0 Å². The highest BCUT2D eigenvalue weighted by Gasteiger charge is 2.29. The van der Waals surface area contributed by atoms with Gasteiger partial charge in [0.05, 0.1) is 0 Å². The van der Waals surface area contributed by atoms with Gasteiger partial charge >= 0.3 is 0 Å². The monoisotopic (exact) mass is 228 g/mol. The Balaban J connectivity index is 2.51. The van der Waals surface area contributed by atoms with E-state index in [2.05, 4.69) is 6.92 Å². The Morgan fingerprint density at radius 1 is 0.875 bits per heavy atom. The van der Waals surface area contributed by atoms with E-state index < -0.39 is 5.79 Å². The fourth-order valence-corrected chi connectivity index (χ4v) is 2.81. The minimum Gasteiger partial charge on any atom is -0.366 e. The second-order valence-electron chi connectivity index (χ2n) is 5.83. The molecule has 1 saturated carbocycles. The lowest BCUT2D eigenvalue weighted by Gasteiger charge is -2.30. The van der Waals surface area contributed by atoms with Crippen LogP contribution >= 0.6 is 0 Å². The van der Waals surface area contributed by atoms with Crippen molar-refractivity contribution in [1.29, 1.82) is 0 Å². The first-order chi connectivity index (χ1) is 7.50. The molecule has 0 heterocycles. The third-order valence-electron chi connectivity index (χ3n) is 3.96. The normalized spacial score (nSPS) is 30.8. The molecule has 2 atom stereocenters. The molecular formula is C14H28O2. The quantitative estimate of drug-likeness (QED) is 0.675. The molecule has 96 valence electrons. The van der Waals surface area contributed by atoms with Gasteiger partial charge < -0.3 is 10.2 Å². The molecule has 1 unspecified atom stereocenters. The molecule has 0 aromatic rings. The summed E-state index contributed by atoms with van der Waals surface area (Å²) in [7, 11) is 0. The van der Waals surface area contributed by atoms with Crippen molar-refractivity contribution in [3.05, 3.63) is 0 Å². The Hall–Kier alpha value is -0.0800. The second kappa shape index (κ2) is 6.61. The van der Waals surface area contributed by atoms with Crippen molar-refractivity contribution in [3.8, 4) is 0 Å². The average Bonchev–Trinajstić information content (AvgIpc) is 2.22. The lowest BCUT2D eigenvalue weighted by atomic mass is 9.84. The zero-order valence-corrected chi connectivity index (χ0v) is 10.9. The Morgan fingerprint density at radius 2 is 1.38 bits per heavy atom. The highest BCUT2D eigenvalue weighted by Crippen LogP contribution is 2.30. The molecular weight excluding hydrogens is 200 g/mol. The van der Waals surface area contributed by atoms with Crippen molar-refractivity contribution in [2.24, 2.45) is 11.8 Å². The summed E-state index contributed by atoms with van der Waals surface area (Å²) < 4.78 is 0. The minimum absolute atomic E-state index is 0.0561. The zero-order valence-electron chi connectivity index (χ0n) is 10.9. The van der Waals surface area contributed by atoms with E-state index in [1.807, 2.05) is 0 Å². The molecule has 2 heteroatoms. The van der Waals surface area contributed by atoms with Gasteiger partial charge in [0.2, 0.25) is 0 Å². The number of aliphatic hydroxyl groups is 2. The Labute approximate surface area is 100 Å². The topological polar surface area (TPSA) is 40.5 Å². The fraction of sp³-hybridized carbons (Fsp3) is 1.00. The minimum atomic E-state index is -1.48. The summed E-state index contributed by atoms with van der Waals surface area (Å²) in [5.74, 6) is -0.801. The molecule has 2 N–H and O–H groups in total.